The summed E-state index contributed by atoms with van der Waals surface area (Å²) in [4.78, 5) is 12.0. The molecule has 0 radical (unpaired) electrons. The van der Waals surface area contributed by atoms with Gasteiger partial charge in [-0.3, -0.25) is 0 Å². The number of nitrogens with zero attached hydrogens (tertiary/aromatic N) is 3. The number of anilines is 2. The highest BCUT2D eigenvalue weighted by Crippen LogP contribution is 2.19. The second-order valence-corrected chi connectivity index (χ2v) is 4.28. The number of aromatic nitrogens is 3. The van der Waals surface area contributed by atoms with Crippen LogP contribution in [0, 0.1) is 6.92 Å². The number of rotatable bonds is 4. The molecule has 0 aliphatic carbocycles. The highest BCUT2D eigenvalue weighted by atomic mass is 16.5. The Morgan fingerprint density at radius 3 is 2.74 bits per heavy atom. The molecular weight excluding hydrogens is 242 g/mol. The molecule has 1 atom stereocenters. The molecule has 0 fully saturated rings. The van der Waals surface area contributed by atoms with Crippen LogP contribution in [-0.4, -0.2) is 22.1 Å². The number of ether oxygens (including phenoxy) is 1. The Labute approximate surface area is 112 Å². The molecule has 1 aromatic heterocycles. The number of methoxy groups -OCH3 is 1. The third kappa shape index (κ3) is 3.31. The summed E-state index contributed by atoms with van der Waals surface area (Å²) in [7, 11) is 1.49. The number of nitrogens with two attached hydrogens (primary N) is 1. The fraction of sp³-hybridized carbons (Fsp3) is 0.308. The van der Waals surface area contributed by atoms with Crippen molar-refractivity contribution in [2.75, 3.05) is 18.2 Å². The third-order valence-electron chi connectivity index (χ3n) is 2.70. The second kappa shape index (κ2) is 5.51. The van der Waals surface area contributed by atoms with Crippen LogP contribution in [0.5, 0.6) is 6.01 Å². The zero-order valence-corrected chi connectivity index (χ0v) is 11.2. The molecule has 19 heavy (non-hydrogen) atoms. The highest BCUT2D eigenvalue weighted by molar-refractivity contribution is 5.37. The van der Waals surface area contributed by atoms with Gasteiger partial charge in [0.1, 0.15) is 0 Å². The van der Waals surface area contributed by atoms with E-state index in [-0.39, 0.29) is 18.0 Å². The summed E-state index contributed by atoms with van der Waals surface area (Å²) in [5, 5.41) is 3.18. The molecule has 6 heteroatoms. The first-order valence-corrected chi connectivity index (χ1v) is 5.97. The van der Waals surface area contributed by atoms with E-state index < -0.39 is 0 Å². The standard InChI is InChI=1S/C13H17N5O/c1-8-5-4-6-10(7-8)9(2)15-12-16-11(14)17-13(18-12)19-3/h4-7,9H,1-3H3,(H3,14,15,16,17,18). The average Bonchev–Trinajstić information content (AvgIpc) is 2.38. The molecular formula is C13H17N5O. The van der Waals surface area contributed by atoms with Crippen LogP contribution in [0.15, 0.2) is 24.3 Å². The molecule has 100 valence electrons. The molecule has 0 amide bonds. The first kappa shape index (κ1) is 13.1. The summed E-state index contributed by atoms with van der Waals surface area (Å²) < 4.78 is 4.96. The van der Waals surface area contributed by atoms with E-state index in [0.29, 0.717) is 5.95 Å². The minimum absolute atomic E-state index is 0.0615. The van der Waals surface area contributed by atoms with Crippen LogP contribution in [-0.2, 0) is 0 Å². The lowest BCUT2D eigenvalue weighted by Gasteiger charge is -2.15. The van der Waals surface area contributed by atoms with Gasteiger partial charge < -0.3 is 15.8 Å². The molecule has 0 bridgehead atoms. The molecule has 3 N–H and O–H groups in total. The average molecular weight is 259 g/mol. The SMILES string of the molecule is COc1nc(N)nc(NC(C)c2cccc(C)c2)n1. The monoisotopic (exact) mass is 259 g/mol. The van der Waals surface area contributed by atoms with E-state index in [2.05, 4.69) is 39.3 Å². The Morgan fingerprint density at radius 1 is 1.26 bits per heavy atom. The molecule has 0 saturated heterocycles. The zero-order valence-electron chi connectivity index (χ0n) is 11.2. The number of aryl methyl sites for hydroxylation is 1. The van der Waals surface area contributed by atoms with Crippen LogP contribution in [0.2, 0.25) is 0 Å². The smallest absolute Gasteiger partial charge is 0.322 e. The normalized spacial score (nSPS) is 11.9. The van der Waals surface area contributed by atoms with Crippen molar-refractivity contribution in [1.29, 1.82) is 0 Å². The van der Waals surface area contributed by atoms with Crippen LogP contribution >= 0.6 is 0 Å². The van der Waals surface area contributed by atoms with Gasteiger partial charge in [0.05, 0.1) is 13.2 Å². The number of benzene rings is 1. The Balaban J connectivity index is 2.18. The highest BCUT2D eigenvalue weighted by Gasteiger charge is 2.09. The zero-order chi connectivity index (χ0) is 13.8. The summed E-state index contributed by atoms with van der Waals surface area (Å²) >= 11 is 0. The van der Waals surface area contributed by atoms with E-state index in [1.807, 2.05) is 19.1 Å². The van der Waals surface area contributed by atoms with Crippen molar-refractivity contribution in [3.8, 4) is 6.01 Å². The maximum absolute atomic E-state index is 5.59. The third-order valence-corrected chi connectivity index (χ3v) is 2.70. The van der Waals surface area contributed by atoms with E-state index in [0.717, 1.165) is 5.56 Å². The lowest BCUT2D eigenvalue weighted by molar-refractivity contribution is 0.379. The van der Waals surface area contributed by atoms with Crippen molar-refractivity contribution >= 4 is 11.9 Å². The predicted octanol–water partition coefficient (Wildman–Crippen LogP) is 1.94. The Bertz CT molecular complexity index is 573. The van der Waals surface area contributed by atoms with Gasteiger partial charge in [0.15, 0.2) is 0 Å². The van der Waals surface area contributed by atoms with Gasteiger partial charge in [0.25, 0.3) is 0 Å². The fourth-order valence-electron chi connectivity index (χ4n) is 1.74. The molecule has 2 rings (SSSR count). The Morgan fingerprint density at radius 2 is 2.05 bits per heavy atom. The topological polar surface area (TPSA) is 86.0 Å². The minimum atomic E-state index is 0.0615. The molecule has 0 aliphatic heterocycles. The summed E-state index contributed by atoms with van der Waals surface area (Å²) in [5.74, 6) is 0.532. The Hall–Kier alpha value is -2.37. The van der Waals surface area contributed by atoms with Crippen molar-refractivity contribution in [1.82, 2.24) is 15.0 Å². The number of hydrogen-bond donors (Lipinski definition) is 2. The lowest BCUT2D eigenvalue weighted by atomic mass is 10.1. The molecule has 0 spiro atoms. The van der Waals surface area contributed by atoms with Gasteiger partial charge >= 0.3 is 6.01 Å². The maximum atomic E-state index is 5.59. The maximum Gasteiger partial charge on any atom is 0.322 e. The second-order valence-electron chi connectivity index (χ2n) is 4.28. The molecule has 1 aromatic carbocycles. The number of nitrogen functional groups attached to an aromatic ring is 1. The van der Waals surface area contributed by atoms with Crippen LogP contribution < -0.4 is 15.8 Å². The quantitative estimate of drug-likeness (QED) is 0.872. The van der Waals surface area contributed by atoms with Gasteiger partial charge in [0, 0.05) is 0 Å². The van der Waals surface area contributed by atoms with E-state index in [1.54, 1.807) is 0 Å². The lowest BCUT2D eigenvalue weighted by Crippen LogP contribution is -2.12. The Kier molecular flexibility index (Phi) is 3.79. The van der Waals surface area contributed by atoms with Gasteiger partial charge in [-0.1, -0.05) is 29.8 Å². The minimum Gasteiger partial charge on any atom is -0.467 e. The van der Waals surface area contributed by atoms with E-state index >= 15 is 0 Å². The molecule has 2 aromatic rings. The number of nitrogens with one attached hydrogen (secondary N) is 1. The molecule has 0 aliphatic rings. The van der Waals surface area contributed by atoms with Crippen LogP contribution in [0.3, 0.4) is 0 Å². The summed E-state index contributed by atoms with van der Waals surface area (Å²) in [6.07, 6.45) is 0. The van der Waals surface area contributed by atoms with Crippen LogP contribution in [0.1, 0.15) is 24.1 Å². The summed E-state index contributed by atoms with van der Waals surface area (Å²) in [6.45, 7) is 4.08. The van der Waals surface area contributed by atoms with Crippen molar-refractivity contribution in [2.24, 2.45) is 0 Å². The van der Waals surface area contributed by atoms with Gasteiger partial charge in [0.2, 0.25) is 11.9 Å². The summed E-state index contributed by atoms with van der Waals surface area (Å²) in [5.41, 5.74) is 7.95. The van der Waals surface area contributed by atoms with Gasteiger partial charge in [-0.2, -0.15) is 15.0 Å². The molecule has 6 nitrogen and oxygen atoms in total. The first-order chi connectivity index (χ1) is 9.08. The van der Waals surface area contributed by atoms with E-state index in [9.17, 15) is 0 Å². The first-order valence-electron chi connectivity index (χ1n) is 5.97. The van der Waals surface area contributed by atoms with Crippen LogP contribution in [0.4, 0.5) is 11.9 Å². The summed E-state index contributed by atoms with van der Waals surface area (Å²) in [6, 6.07) is 8.50. The molecule has 1 heterocycles. The van der Waals surface area contributed by atoms with E-state index in [1.165, 1.54) is 12.7 Å². The van der Waals surface area contributed by atoms with Crippen molar-refractivity contribution in [2.45, 2.75) is 19.9 Å². The molecule has 0 saturated carbocycles. The molecule has 1 unspecified atom stereocenters. The fourth-order valence-corrected chi connectivity index (χ4v) is 1.74. The van der Waals surface area contributed by atoms with Crippen LogP contribution in [0.25, 0.3) is 0 Å². The number of hydrogen-bond acceptors (Lipinski definition) is 6. The van der Waals surface area contributed by atoms with Gasteiger partial charge in [-0.25, -0.2) is 0 Å². The van der Waals surface area contributed by atoms with Gasteiger partial charge in [-0.05, 0) is 19.4 Å². The van der Waals surface area contributed by atoms with Crippen molar-refractivity contribution in [3.63, 3.8) is 0 Å². The van der Waals surface area contributed by atoms with Gasteiger partial charge in [-0.15, -0.1) is 0 Å². The predicted molar refractivity (Wildman–Crippen MR) is 74.0 cm³/mol. The van der Waals surface area contributed by atoms with Crippen molar-refractivity contribution in [3.05, 3.63) is 35.4 Å². The van der Waals surface area contributed by atoms with Crippen molar-refractivity contribution < 1.29 is 4.74 Å². The largest absolute Gasteiger partial charge is 0.467 e. The van der Waals surface area contributed by atoms with E-state index in [4.69, 9.17) is 10.5 Å².